The van der Waals surface area contributed by atoms with Crippen LogP contribution in [0.1, 0.15) is 17.7 Å². The van der Waals surface area contributed by atoms with Crippen LogP contribution in [-0.2, 0) is 5.33 Å². The van der Waals surface area contributed by atoms with Crippen LogP contribution < -0.4 is 5.73 Å². The molecule has 0 saturated carbocycles. The number of nitrogens with zero attached hydrogens (tertiary/aromatic N) is 1. The van der Waals surface area contributed by atoms with E-state index < -0.39 is 6.43 Å². The average molecular weight is 316 g/mol. The van der Waals surface area contributed by atoms with Gasteiger partial charge in [0.2, 0.25) is 0 Å². The van der Waals surface area contributed by atoms with Crippen molar-refractivity contribution in [2.75, 3.05) is 5.73 Å². The van der Waals surface area contributed by atoms with E-state index in [4.69, 9.17) is 5.73 Å². The van der Waals surface area contributed by atoms with Crippen LogP contribution in [0.25, 0.3) is 0 Å². The Morgan fingerprint density at radius 2 is 2.15 bits per heavy atom. The minimum atomic E-state index is -2.56. The number of alkyl halides is 3. The smallest absolute Gasteiger partial charge is 0.266 e. The fourth-order valence-corrected chi connectivity index (χ4v) is 1.77. The molecule has 0 fully saturated rings. The van der Waals surface area contributed by atoms with E-state index in [1.54, 1.807) is 0 Å². The summed E-state index contributed by atoms with van der Waals surface area (Å²) >= 11 is 6.11. The van der Waals surface area contributed by atoms with E-state index in [-0.39, 0.29) is 15.9 Å². The summed E-state index contributed by atoms with van der Waals surface area (Å²) in [5.41, 5.74) is 6.14. The highest BCUT2D eigenvalue weighted by atomic mass is 79.9. The van der Waals surface area contributed by atoms with E-state index in [0.717, 1.165) is 0 Å². The third-order valence-electron chi connectivity index (χ3n) is 1.48. The van der Waals surface area contributed by atoms with Gasteiger partial charge in [0.25, 0.3) is 6.43 Å². The van der Waals surface area contributed by atoms with Crippen molar-refractivity contribution in [2.24, 2.45) is 0 Å². The summed E-state index contributed by atoms with van der Waals surface area (Å²) in [5.74, 6) is 0. The van der Waals surface area contributed by atoms with Gasteiger partial charge in [-0.25, -0.2) is 13.8 Å². The number of pyridine rings is 1. The lowest BCUT2D eigenvalue weighted by Gasteiger charge is -2.07. The maximum atomic E-state index is 12.3. The average Bonchev–Trinajstić information content (AvgIpc) is 2.07. The summed E-state index contributed by atoms with van der Waals surface area (Å²) in [5, 5.41) is 0.445. The third kappa shape index (κ3) is 2.37. The van der Waals surface area contributed by atoms with Crippen LogP contribution in [-0.4, -0.2) is 4.98 Å². The highest BCUT2D eigenvalue weighted by Gasteiger charge is 2.15. The summed E-state index contributed by atoms with van der Waals surface area (Å²) in [7, 11) is 0. The van der Waals surface area contributed by atoms with Crippen molar-refractivity contribution in [3.05, 3.63) is 21.9 Å². The maximum Gasteiger partial charge on any atom is 0.266 e. The first-order valence-electron chi connectivity index (χ1n) is 3.35. The Balaban J connectivity index is 3.20. The van der Waals surface area contributed by atoms with Gasteiger partial charge in [-0.05, 0) is 22.0 Å². The van der Waals surface area contributed by atoms with E-state index in [0.29, 0.717) is 11.0 Å². The standard InChI is InChI=1S/C7H6Br2F2N2/c8-2-5-4(12)1-3(7(10)11)6(9)13-5/h1,7H,2,12H2. The Hall–Kier alpha value is -0.230. The fourth-order valence-electron chi connectivity index (χ4n) is 0.818. The number of nitrogens with two attached hydrogens (primary N) is 1. The van der Waals surface area contributed by atoms with Crippen molar-refractivity contribution in [3.8, 4) is 0 Å². The van der Waals surface area contributed by atoms with Gasteiger partial charge in [-0.3, -0.25) is 0 Å². The van der Waals surface area contributed by atoms with Crippen molar-refractivity contribution < 1.29 is 8.78 Å². The van der Waals surface area contributed by atoms with Crippen LogP contribution in [0.2, 0.25) is 0 Å². The first-order chi connectivity index (χ1) is 6.06. The first kappa shape index (κ1) is 10.8. The SMILES string of the molecule is Nc1cc(C(F)F)c(Br)nc1CBr. The van der Waals surface area contributed by atoms with Gasteiger partial charge in [0, 0.05) is 5.33 Å². The van der Waals surface area contributed by atoms with E-state index >= 15 is 0 Å². The molecule has 72 valence electrons. The Morgan fingerprint density at radius 1 is 1.54 bits per heavy atom. The molecular formula is C7H6Br2F2N2. The van der Waals surface area contributed by atoms with E-state index in [1.165, 1.54) is 6.07 Å². The van der Waals surface area contributed by atoms with Crippen molar-refractivity contribution in [1.29, 1.82) is 0 Å². The van der Waals surface area contributed by atoms with E-state index in [1.807, 2.05) is 0 Å². The second-order valence-corrected chi connectivity index (χ2v) is 3.65. The van der Waals surface area contributed by atoms with Crippen LogP contribution in [0.15, 0.2) is 10.7 Å². The molecule has 2 nitrogen and oxygen atoms in total. The molecule has 0 spiro atoms. The van der Waals surface area contributed by atoms with Gasteiger partial charge in [0.15, 0.2) is 0 Å². The molecule has 0 aliphatic carbocycles. The minimum absolute atomic E-state index is 0.145. The number of hydrogen-bond donors (Lipinski definition) is 1. The molecular weight excluding hydrogens is 310 g/mol. The number of halogens is 4. The van der Waals surface area contributed by atoms with Gasteiger partial charge in [0.05, 0.1) is 16.9 Å². The second-order valence-electron chi connectivity index (χ2n) is 2.34. The Morgan fingerprint density at radius 3 is 2.62 bits per heavy atom. The van der Waals surface area contributed by atoms with Crippen molar-refractivity contribution in [3.63, 3.8) is 0 Å². The zero-order valence-electron chi connectivity index (χ0n) is 6.40. The summed E-state index contributed by atoms with van der Waals surface area (Å²) in [6.07, 6.45) is -2.56. The molecule has 6 heteroatoms. The summed E-state index contributed by atoms with van der Waals surface area (Å²) in [6.45, 7) is 0. The first-order valence-corrected chi connectivity index (χ1v) is 5.26. The molecule has 13 heavy (non-hydrogen) atoms. The highest BCUT2D eigenvalue weighted by molar-refractivity contribution is 9.10. The van der Waals surface area contributed by atoms with Crippen molar-refractivity contribution >= 4 is 37.5 Å². The van der Waals surface area contributed by atoms with E-state index in [2.05, 4.69) is 36.8 Å². The maximum absolute atomic E-state index is 12.3. The zero-order chi connectivity index (χ0) is 10.0. The van der Waals surface area contributed by atoms with Gasteiger partial charge in [-0.15, -0.1) is 0 Å². The molecule has 0 aromatic carbocycles. The van der Waals surface area contributed by atoms with Crippen LogP contribution in [0.3, 0.4) is 0 Å². The molecule has 0 radical (unpaired) electrons. The Bertz CT molecular complexity index is 318. The third-order valence-corrected chi connectivity index (χ3v) is 2.64. The number of anilines is 1. The highest BCUT2D eigenvalue weighted by Crippen LogP contribution is 2.29. The topological polar surface area (TPSA) is 38.9 Å². The molecule has 2 N–H and O–H groups in total. The molecule has 0 amide bonds. The molecule has 0 unspecified atom stereocenters. The van der Waals surface area contributed by atoms with Crippen LogP contribution >= 0.6 is 31.9 Å². The fraction of sp³-hybridized carbons (Fsp3) is 0.286. The Kier molecular flexibility index (Phi) is 3.61. The zero-order valence-corrected chi connectivity index (χ0v) is 9.57. The van der Waals surface area contributed by atoms with Gasteiger partial charge in [-0.1, -0.05) is 15.9 Å². The molecule has 1 aromatic rings. The van der Waals surface area contributed by atoms with E-state index in [9.17, 15) is 8.78 Å². The molecule has 0 aliphatic rings. The molecule has 1 aromatic heterocycles. The summed E-state index contributed by atoms with van der Waals surface area (Å²) in [4.78, 5) is 3.88. The van der Waals surface area contributed by atoms with Crippen molar-refractivity contribution in [2.45, 2.75) is 11.8 Å². The van der Waals surface area contributed by atoms with Gasteiger partial charge < -0.3 is 5.73 Å². The largest absolute Gasteiger partial charge is 0.397 e. The van der Waals surface area contributed by atoms with Crippen LogP contribution in [0.5, 0.6) is 0 Å². The Labute approximate surface area is 90.8 Å². The monoisotopic (exact) mass is 314 g/mol. The number of hydrogen-bond acceptors (Lipinski definition) is 2. The second kappa shape index (κ2) is 4.32. The lowest BCUT2D eigenvalue weighted by Crippen LogP contribution is -2.00. The number of aromatic nitrogens is 1. The normalized spacial score (nSPS) is 10.8. The van der Waals surface area contributed by atoms with Gasteiger partial charge >= 0.3 is 0 Å². The predicted molar refractivity (Wildman–Crippen MR) is 53.9 cm³/mol. The molecule has 1 rings (SSSR count). The van der Waals surface area contributed by atoms with Gasteiger partial charge in [-0.2, -0.15) is 0 Å². The lowest BCUT2D eigenvalue weighted by molar-refractivity contribution is 0.150. The summed E-state index contributed by atoms with van der Waals surface area (Å²) < 4.78 is 24.8. The van der Waals surface area contributed by atoms with Crippen molar-refractivity contribution in [1.82, 2.24) is 4.98 Å². The molecule has 0 aliphatic heterocycles. The molecule has 0 atom stereocenters. The van der Waals surface area contributed by atoms with Crippen LogP contribution in [0.4, 0.5) is 14.5 Å². The predicted octanol–water partition coefficient (Wildman–Crippen LogP) is 3.26. The van der Waals surface area contributed by atoms with Gasteiger partial charge in [0.1, 0.15) is 4.60 Å². The number of rotatable bonds is 2. The molecule has 1 heterocycles. The molecule has 0 saturated heterocycles. The quantitative estimate of drug-likeness (QED) is 0.672. The summed E-state index contributed by atoms with van der Waals surface area (Å²) in [6, 6.07) is 1.23. The molecule has 0 bridgehead atoms. The van der Waals surface area contributed by atoms with Crippen LogP contribution in [0, 0.1) is 0 Å². The number of nitrogen functional groups attached to an aromatic ring is 1. The minimum Gasteiger partial charge on any atom is -0.397 e. The lowest BCUT2D eigenvalue weighted by atomic mass is 10.2.